The number of aryl methyl sites for hydroxylation is 3. The van der Waals surface area contributed by atoms with Crippen molar-refractivity contribution < 1.29 is 9.53 Å². The number of hydrogen-bond acceptors (Lipinski definition) is 11. The predicted molar refractivity (Wildman–Crippen MR) is 195 cm³/mol. The minimum atomic E-state index is -0.161. The number of anilines is 1. The molecule has 1 amide bonds. The standard InChI is InChI=1S/C37H43N13O2/c1-28-40-42-44-49(28)24-23-48-33-12-7-6-11-32(33)39-36(48)46-18-8-17-45(21-22-46)19-15-37(29-9-4-3-5-10-29)16-20-47(26-37)35(51)31-25-30(13-14-34(31)52-2)50-27-38-41-43-50/h3-7,9-14,25,27H,8,15-24,26H2,1-2H3. The van der Waals surface area contributed by atoms with Crippen molar-refractivity contribution >= 4 is 22.9 Å². The molecule has 0 N–H and O–H groups in total. The van der Waals surface area contributed by atoms with Gasteiger partial charge in [0.15, 0.2) is 0 Å². The first kappa shape index (κ1) is 33.4. The Morgan fingerprint density at radius 2 is 1.75 bits per heavy atom. The lowest BCUT2D eigenvalue weighted by atomic mass is 9.76. The van der Waals surface area contributed by atoms with Crippen molar-refractivity contribution in [1.82, 2.24) is 59.8 Å². The van der Waals surface area contributed by atoms with Gasteiger partial charge in [0.2, 0.25) is 5.95 Å². The second kappa shape index (κ2) is 14.5. The van der Waals surface area contributed by atoms with Gasteiger partial charge in [-0.05, 0) is 96.0 Å². The molecule has 2 fully saturated rings. The number of carbonyl (C=O) groups is 1. The summed E-state index contributed by atoms with van der Waals surface area (Å²) in [5.41, 5.74) is 4.45. The van der Waals surface area contributed by atoms with Gasteiger partial charge in [-0.25, -0.2) is 14.3 Å². The highest BCUT2D eigenvalue weighted by Crippen LogP contribution is 2.39. The van der Waals surface area contributed by atoms with Crippen LogP contribution in [-0.2, 0) is 18.5 Å². The van der Waals surface area contributed by atoms with Gasteiger partial charge < -0.3 is 24.0 Å². The minimum absolute atomic E-state index is 0.0480. The molecule has 0 bridgehead atoms. The van der Waals surface area contributed by atoms with Gasteiger partial charge in [0.25, 0.3) is 5.91 Å². The molecule has 6 aromatic rings. The third-order valence-electron chi connectivity index (χ3n) is 10.7. The summed E-state index contributed by atoms with van der Waals surface area (Å²) in [7, 11) is 1.59. The summed E-state index contributed by atoms with van der Waals surface area (Å²) in [6.45, 7) is 9.33. The zero-order valence-electron chi connectivity index (χ0n) is 29.6. The SMILES string of the molecule is COc1ccc(-n2cnnn2)cc1C(=O)N1CCC(CCN2CCCN(c3nc4ccccc4n3CCn3nnnc3C)CC2)(c2ccccc2)C1. The summed E-state index contributed by atoms with van der Waals surface area (Å²) < 4.78 is 11.3. The Balaban J connectivity index is 0.976. The number of ether oxygens (including phenoxy) is 1. The number of rotatable bonds is 11. The van der Waals surface area contributed by atoms with Crippen molar-refractivity contribution in [1.29, 1.82) is 0 Å². The van der Waals surface area contributed by atoms with E-state index >= 15 is 0 Å². The van der Waals surface area contributed by atoms with E-state index in [1.807, 2.05) is 34.7 Å². The maximum Gasteiger partial charge on any atom is 0.257 e. The van der Waals surface area contributed by atoms with Crippen LogP contribution in [0.4, 0.5) is 5.95 Å². The topological polar surface area (TPSA) is 141 Å². The van der Waals surface area contributed by atoms with Crippen LogP contribution in [0.1, 0.15) is 41.0 Å². The molecule has 2 saturated heterocycles. The van der Waals surface area contributed by atoms with Crippen LogP contribution in [0, 0.1) is 6.92 Å². The number of para-hydroxylation sites is 2. The lowest BCUT2D eigenvalue weighted by Gasteiger charge is -2.33. The number of tetrazole rings is 2. The Morgan fingerprint density at radius 3 is 2.56 bits per heavy atom. The molecular weight excluding hydrogens is 658 g/mol. The molecule has 1 unspecified atom stereocenters. The highest BCUT2D eigenvalue weighted by Gasteiger charge is 2.42. The lowest BCUT2D eigenvalue weighted by Crippen LogP contribution is -2.39. The molecule has 0 radical (unpaired) electrons. The summed E-state index contributed by atoms with van der Waals surface area (Å²) in [6, 6.07) is 24.5. The van der Waals surface area contributed by atoms with Gasteiger partial charge in [-0.15, -0.1) is 10.2 Å². The van der Waals surface area contributed by atoms with Crippen molar-refractivity contribution in [2.45, 2.75) is 44.7 Å². The molecule has 8 rings (SSSR count). The van der Waals surface area contributed by atoms with Crippen LogP contribution in [0.2, 0.25) is 0 Å². The van der Waals surface area contributed by atoms with Gasteiger partial charge >= 0.3 is 0 Å². The van der Waals surface area contributed by atoms with E-state index in [-0.39, 0.29) is 11.3 Å². The van der Waals surface area contributed by atoms with Gasteiger partial charge in [0.1, 0.15) is 17.9 Å². The fourth-order valence-corrected chi connectivity index (χ4v) is 7.82. The average Bonchev–Trinajstić information content (AvgIpc) is 3.99. The largest absolute Gasteiger partial charge is 0.496 e. The first-order valence-corrected chi connectivity index (χ1v) is 17.9. The van der Waals surface area contributed by atoms with Gasteiger partial charge in [-0.3, -0.25) is 4.79 Å². The fourth-order valence-electron chi connectivity index (χ4n) is 7.82. The molecule has 0 aliphatic carbocycles. The zero-order valence-corrected chi connectivity index (χ0v) is 29.6. The van der Waals surface area contributed by atoms with E-state index < -0.39 is 0 Å². The van der Waals surface area contributed by atoms with Crippen LogP contribution in [-0.4, -0.2) is 119 Å². The van der Waals surface area contributed by atoms with Crippen molar-refractivity contribution in [3.8, 4) is 11.4 Å². The molecule has 5 heterocycles. The second-order valence-corrected chi connectivity index (χ2v) is 13.7. The molecule has 2 aliphatic rings. The number of amides is 1. The second-order valence-electron chi connectivity index (χ2n) is 13.7. The van der Waals surface area contributed by atoms with Crippen LogP contribution in [0.25, 0.3) is 16.7 Å². The number of fused-ring (bicyclic) bond motifs is 1. The lowest BCUT2D eigenvalue weighted by molar-refractivity contribution is 0.0777. The van der Waals surface area contributed by atoms with Crippen molar-refractivity contribution in [3.63, 3.8) is 0 Å². The zero-order chi connectivity index (χ0) is 35.5. The van der Waals surface area contributed by atoms with E-state index in [1.165, 1.54) is 11.9 Å². The van der Waals surface area contributed by atoms with E-state index in [0.717, 1.165) is 81.3 Å². The van der Waals surface area contributed by atoms with E-state index in [1.54, 1.807) is 17.9 Å². The Labute approximate surface area is 301 Å². The molecule has 2 aliphatic heterocycles. The Morgan fingerprint density at radius 1 is 0.885 bits per heavy atom. The number of benzene rings is 3. The molecule has 3 aromatic heterocycles. The summed E-state index contributed by atoms with van der Waals surface area (Å²) in [5.74, 6) is 2.29. The molecule has 15 heteroatoms. The van der Waals surface area contributed by atoms with E-state index in [2.05, 4.69) is 93.9 Å². The minimum Gasteiger partial charge on any atom is -0.496 e. The molecule has 3 aromatic carbocycles. The van der Waals surface area contributed by atoms with Gasteiger partial charge in [-0.1, -0.05) is 42.5 Å². The summed E-state index contributed by atoms with van der Waals surface area (Å²) >= 11 is 0. The first-order valence-electron chi connectivity index (χ1n) is 17.9. The molecular formula is C37H43N13O2. The van der Waals surface area contributed by atoms with Crippen LogP contribution < -0.4 is 9.64 Å². The number of carbonyl (C=O) groups excluding carboxylic acids is 1. The third-order valence-corrected chi connectivity index (χ3v) is 10.7. The number of imidazole rings is 1. The van der Waals surface area contributed by atoms with Gasteiger partial charge in [-0.2, -0.15) is 0 Å². The van der Waals surface area contributed by atoms with Crippen LogP contribution in [0.15, 0.2) is 79.1 Å². The number of hydrogen-bond donors (Lipinski definition) is 0. The monoisotopic (exact) mass is 701 g/mol. The number of nitrogens with zero attached hydrogens (tertiary/aromatic N) is 13. The van der Waals surface area contributed by atoms with E-state index in [9.17, 15) is 4.79 Å². The van der Waals surface area contributed by atoms with Crippen LogP contribution in [0.3, 0.4) is 0 Å². The number of likely N-dealkylation sites (tertiary alicyclic amines) is 1. The Kier molecular flexibility index (Phi) is 9.33. The van der Waals surface area contributed by atoms with Gasteiger partial charge in [0.05, 0.1) is 35.9 Å². The van der Waals surface area contributed by atoms with E-state index in [4.69, 9.17) is 9.72 Å². The highest BCUT2D eigenvalue weighted by atomic mass is 16.5. The maximum absolute atomic E-state index is 14.2. The normalized spacial score (nSPS) is 18.3. The Bertz CT molecular complexity index is 2130. The molecule has 1 atom stereocenters. The van der Waals surface area contributed by atoms with Crippen molar-refractivity contribution in [2.75, 3.05) is 57.8 Å². The van der Waals surface area contributed by atoms with E-state index in [0.29, 0.717) is 36.6 Å². The first-order chi connectivity index (χ1) is 25.5. The third kappa shape index (κ3) is 6.59. The summed E-state index contributed by atoms with van der Waals surface area (Å²) in [5, 5.41) is 23.5. The van der Waals surface area contributed by atoms with Gasteiger partial charge in [0, 0.05) is 44.7 Å². The van der Waals surface area contributed by atoms with Crippen LogP contribution >= 0.6 is 0 Å². The maximum atomic E-state index is 14.2. The summed E-state index contributed by atoms with van der Waals surface area (Å²) in [4.78, 5) is 26.3. The number of aromatic nitrogens is 10. The van der Waals surface area contributed by atoms with Crippen molar-refractivity contribution in [2.24, 2.45) is 0 Å². The predicted octanol–water partition coefficient (Wildman–Crippen LogP) is 3.40. The molecule has 52 heavy (non-hydrogen) atoms. The quantitative estimate of drug-likeness (QED) is 0.196. The molecule has 268 valence electrons. The molecule has 15 nitrogen and oxygen atoms in total. The smallest absolute Gasteiger partial charge is 0.257 e. The average molecular weight is 702 g/mol. The van der Waals surface area contributed by atoms with Crippen molar-refractivity contribution in [3.05, 3.63) is 96.1 Å². The summed E-state index contributed by atoms with van der Waals surface area (Å²) in [6.07, 6.45) is 4.40. The highest BCUT2D eigenvalue weighted by molar-refractivity contribution is 5.98. The number of methoxy groups -OCH3 is 1. The molecule has 0 saturated carbocycles. The molecule has 0 spiro atoms. The fraction of sp³-hybridized carbons (Fsp3) is 0.405. The van der Waals surface area contributed by atoms with Crippen LogP contribution in [0.5, 0.6) is 5.75 Å². The Hall–Kier alpha value is -5.70.